The number of thiazole rings is 1. The van der Waals surface area contributed by atoms with Crippen LogP contribution in [0, 0.1) is 18.3 Å². The summed E-state index contributed by atoms with van der Waals surface area (Å²) >= 11 is 1.50. The molecule has 0 spiro atoms. The van der Waals surface area contributed by atoms with Gasteiger partial charge in [-0.1, -0.05) is 0 Å². The maximum Gasteiger partial charge on any atom is 0.165 e. The highest BCUT2D eigenvalue weighted by molar-refractivity contribution is 7.09. The number of nitrogens with zero attached hydrogens (tertiary/aromatic N) is 3. The topological polar surface area (TPSA) is 66.6 Å². The molecule has 0 amide bonds. The zero-order valence-corrected chi connectivity index (χ0v) is 13.2. The monoisotopic (exact) mass is 303 g/mol. The van der Waals surface area contributed by atoms with Crippen molar-refractivity contribution in [3.05, 3.63) is 40.2 Å². The second-order valence-electron chi connectivity index (χ2n) is 5.09. The van der Waals surface area contributed by atoms with E-state index in [1.165, 1.54) is 16.2 Å². The summed E-state index contributed by atoms with van der Waals surface area (Å²) in [6.45, 7) is 2.51. The third-order valence-electron chi connectivity index (χ3n) is 3.17. The quantitative estimate of drug-likeness (QED) is 0.824. The molecule has 2 atom stereocenters. The second kappa shape index (κ2) is 7.16. The first-order chi connectivity index (χ1) is 10.1. The van der Waals surface area contributed by atoms with Crippen molar-refractivity contribution in [2.24, 2.45) is 4.99 Å². The maximum atomic E-state index is 9.25. The molecular formula is C15H19N4OS+. The van der Waals surface area contributed by atoms with E-state index in [0.717, 1.165) is 16.5 Å². The molecule has 0 aromatic carbocycles. The largest absolute Gasteiger partial charge is 0.463 e. The Labute approximate surface area is 128 Å². The number of likely N-dealkylation sites (N-methyl/N-ethyl adjacent to an activating group) is 1. The van der Waals surface area contributed by atoms with E-state index in [2.05, 4.69) is 30.1 Å². The van der Waals surface area contributed by atoms with Gasteiger partial charge in [-0.3, -0.25) is 4.99 Å². The van der Waals surface area contributed by atoms with Crippen LogP contribution < -0.4 is 4.90 Å². The van der Waals surface area contributed by atoms with Crippen molar-refractivity contribution in [2.45, 2.75) is 18.9 Å². The standard InChI is InChI=1S/C15H18N4OS/c1-11-10-21-15(18-11)12(7-16)8-17-9-13(19(2)3)14-5-4-6-20-14/h4-6,8,10,12-13H,9H2,1-3H3/p+1/t12-,13+/m1/s1. The number of nitriles is 1. The Bertz CT molecular complexity index is 624. The lowest BCUT2D eigenvalue weighted by atomic mass is 10.2. The minimum atomic E-state index is -0.377. The molecule has 21 heavy (non-hydrogen) atoms. The fourth-order valence-electron chi connectivity index (χ4n) is 1.99. The normalized spacial score (nSPS) is 14.4. The van der Waals surface area contributed by atoms with Gasteiger partial charge < -0.3 is 9.32 Å². The average Bonchev–Trinajstić information content (AvgIpc) is 3.10. The summed E-state index contributed by atoms with van der Waals surface area (Å²) in [4.78, 5) is 10.0. The van der Waals surface area contributed by atoms with E-state index in [1.54, 1.807) is 12.5 Å². The Morgan fingerprint density at radius 2 is 2.38 bits per heavy atom. The average molecular weight is 303 g/mol. The fraction of sp³-hybridized carbons (Fsp3) is 0.400. The van der Waals surface area contributed by atoms with E-state index in [1.807, 2.05) is 24.4 Å². The highest BCUT2D eigenvalue weighted by Crippen LogP contribution is 2.18. The van der Waals surface area contributed by atoms with Gasteiger partial charge in [0.25, 0.3) is 0 Å². The molecule has 0 bridgehead atoms. The summed E-state index contributed by atoms with van der Waals surface area (Å²) in [5, 5.41) is 12.0. The summed E-state index contributed by atoms with van der Waals surface area (Å²) < 4.78 is 5.46. The highest BCUT2D eigenvalue weighted by atomic mass is 32.1. The number of quaternary nitrogens is 1. The van der Waals surface area contributed by atoms with Gasteiger partial charge in [-0.05, 0) is 19.1 Å². The summed E-state index contributed by atoms with van der Waals surface area (Å²) in [5.41, 5.74) is 0.940. The molecule has 0 fully saturated rings. The molecule has 0 unspecified atom stereocenters. The number of rotatable bonds is 6. The zero-order chi connectivity index (χ0) is 15.2. The smallest absolute Gasteiger partial charge is 0.165 e. The van der Waals surface area contributed by atoms with Gasteiger partial charge in [0.05, 0.1) is 33.0 Å². The lowest BCUT2D eigenvalue weighted by molar-refractivity contribution is -0.891. The van der Waals surface area contributed by atoms with E-state index in [9.17, 15) is 5.26 Å². The van der Waals surface area contributed by atoms with Crippen LogP contribution in [0.2, 0.25) is 0 Å². The van der Waals surface area contributed by atoms with Gasteiger partial charge in [0.2, 0.25) is 0 Å². The Morgan fingerprint density at radius 1 is 1.57 bits per heavy atom. The molecule has 0 saturated heterocycles. The molecule has 0 aliphatic rings. The first-order valence-corrected chi connectivity index (χ1v) is 7.64. The van der Waals surface area contributed by atoms with Crippen LogP contribution in [-0.2, 0) is 0 Å². The van der Waals surface area contributed by atoms with Crippen LogP contribution in [0.3, 0.4) is 0 Å². The lowest BCUT2D eigenvalue weighted by Gasteiger charge is -2.17. The van der Waals surface area contributed by atoms with Crippen LogP contribution in [-0.4, -0.2) is 31.8 Å². The summed E-state index contributed by atoms with van der Waals surface area (Å²) in [6.07, 6.45) is 3.36. The van der Waals surface area contributed by atoms with Gasteiger partial charge in [-0.15, -0.1) is 11.3 Å². The number of hydrogen-bond acceptors (Lipinski definition) is 5. The van der Waals surface area contributed by atoms with Crippen molar-refractivity contribution in [1.29, 1.82) is 5.26 Å². The van der Waals surface area contributed by atoms with Gasteiger partial charge >= 0.3 is 0 Å². The van der Waals surface area contributed by atoms with Crippen molar-refractivity contribution < 1.29 is 9.32 Å². The van der Waals surface area contributed by atoms with E-state index >= 15 is 0 Å². The third kappa shape index (κ3) is 4.00. The zero-order valence-electron chi connectivity index (χ0n) is 12.4. The number of hydrogen-bond donors (Lipinski definition) is 1. The molecule has 2 aromatic heterocycles. The van der Waals surface area contributed by atoms with Crippen molar-refractivity contribution >= 4 is 17.6 Å². The molecule has 6 heteroatoms. The fourth-order valence-corrected chi connectivity index (χ4v) is 2.79. The molecule has 2 heterocycles. The minimum absolute atomic E-state index is 0.147. The number of aliphatic imine (C=N–C) groups is 1. The van der Waals surface area contributed by atoms with Gasteiger partial charge in [-0.2, -0.15) is 5.26 Å². The molecule has 0 radical (unpaired) electrons. The first kappa shape index (κ1) is 15.4. The van der Waals surface area contributed by atoms with Crippen molar-refractivity contribution in [3.8, 4) is 6.07 Å². The highest BCUT2D eigenvalue weighted by Gasteiger charge is 2.20. The predicted octanol–water partition coefficient (Wildman–Crippen LogP) is 1.61. The summed E-state index contributed by atoms with van der Waals surface area (Å²) in [6, 6.07) is 6.22. The molecule has 1 N–H and O–H groups in total. The van der Waals surface area contributed by atoms with Crippen LogP contribution >= 0.6 is 11.3 Å². The first-order valence-electron chi connectivity index (χ1n) is 6.77. The van der Waals surface area contributed by atoms with Crippen LogP contribution in [0.4, 0.5) is 0 Å². The van der Waals surface area contributed by atoms with E-state index in [-0.39, 0.29) is 12.0 Å². The summed E-state index contributed by atoms with van der Waals surface area (Å²) in [5.74, 6) is 0.531. The van der Waals surface area contributed by atoms with Gasteiger partial charge in [0.15, 0.2) is 11.8 Å². The van der Waals surface area contributed by atoms with Crippen LogP contribution in [0.1, 0.15) is 28.4 Å². The van der Waals surface area contributed by atoms with E-state index in [0.29, 0.717) is 6.54 Å². The molecule has 0 aliphatic carbocycles. The number of nitrogens with one attached hydrogen (secondary N) is 1. The molecule has 0 aliphatic heterocycles. The third-order valence-corrected chi connectivity index (χ3v) is 4.21. The molecule has 2 rings (SSSR count). The Kier molecular flexibility index (Phi) is 5.26. The number of aromatic nitrogens is 1. The number of aryl methyl sites for hydroxylation is 1. The Balaban J connectivity index is 2.04. The molecule has 2 aromatic rings. The van der Waals surface area contributed by atoms with Crippen molar-refractivity contribution in [1.82, 2.24) is 4.98 Å². The van der Waals surface area contributed by atoms with Crippen LogP contribution in [0.25, 0.3) is 0 Å². The molecular weight excluding hydrogens is 284 g/mol. The van der Waals surface area contributed by atoms with Gasteiger partial charge in [0, 0.05) is 17.3 Å². The Morgan fingerprint density at radius 3 is 2.90 bits per heavy atom. The minimum Gasteiger partial charge on any atom is -0.463 e. The SMILES string of the molecule is Cc1csc([C@H](C#N)C=NC[C@@H](c2ccco2)[NH+](C)C)n1. The van der Waals surface area contributed by atoms with E-state index < -0.39 is 0 Å². The van der Waals surface area contributed by atoms with E-state index in [4.69, 9.17) is 4.42 Å². The Hall–Kier alpha value is -1.97. The second-order valence-corrected chi connectivity index (χ2v) is 5.98. The number of furan rings is 1. The van der Waals surface area contributed by atoms with Crippen LogP contribution in [0.5, 0.6) is 0 Å². The van der Waals surface area contributed by atoms with Crippen LogP contribution in [0.15, 0.2) is 33.2 Å². The van der Waals surface area contributed by atoms with Gasteiger partial charge in [-0.25, -0.2) is 4.98 Å². The lowest BCUT2D eigenvalue weighted by Crippen LogP contribution is -3.06. The summed E-state index contributed by atoms with van der Waals surface area (Å²) in [7, 11) is 4.13. The van der Waals surface area contributed by atoms with Crippen molar-refractivity contribution in [2.75, 3.05) is 20.6 Å². The molecule has 5 nitrogen and oxygen atoms in total. The van der Waals surface area contributed by atoms with Crippen molar-refractivity contribution in [3.63, 3.8) is 0 Å². The molecule has 110 valence electrons. The predicted molar refractivity (Wildman–Crippen MR) is 82.8 cm³/mol. The maximum absolute atomic E-state index is 9.25. The van der Waals surface area contributed by atoms with Gasteiger partial charge in [0.1, 0.15) is 10.9 Å². The molecule has 0 saturated carbocycles.